The van der Waals surface area contributed by atoms with Gasteiger partial charge in [-0.05, 0) is 18.1 Å². The van der Waals surface area contributed by atoms with Crippen LogP contribution in [0.2, 0.25) is 0 Å². The summed E-state index contributed by atoms with van der Waals surface area (Å²) in [7, 11) is 0. The van der Waals surface area contributed by atoms with Crippen LogP contribution in [0.1, 0.15) is 26.7 Å². The Bertz CT molecular complexity index is 291. The number of carboxylic acids is 1. The first-order valence-corrected chi connectivity index (χ1v) is 7.57. The van der Waals surface area contributed by atoms with Crippen molar-refractivity contribution in [2.24, 2.45) is 5.92 Å². The van der Waals surface area contributed by atoms with Crippen molar-refractivity contribution in [3.63, 3.8) is 0 Å². The predicted octanol–water partition coefficient (Wildman–Crippen LogP) is 1.63. The topological polar surface area (TPSA) is 69.6 Å². The number of hydrogen-bond acceptors (Lipinski definition) is 3. The Balaban J connectivity index is 2.56. The molecule has 0 aliphatic carbocycles. The third-order valence-corrected chi connectivity index (χ3v) is 4.32. The Labute approximate surface area is 112 Å². The third kappa shape index (κ3) is 4.40. The standard InChI is InChI=1S/C12H22N2O3S/c1-3-9(2)10(11(15)16)13-12(17)14-5-4-7-18-8-6-14/h9-10H,3-8H2,1-2H3,(H,13,17)(H,15,16). The molecular formula is C12H22N2O3S. The van der Waals surface area contributed by atoms with E-state index in [2.05, 4.69) is 5.32 Å². The van der Waals surface area contributed by atoms with E-state index in [1.54, 1.807) is 4.90 Å². The minimum absolute atomic E-state index is 0.0622. The van der Waals surface area contributed by atoms with Gasteiger partial charge in [-0.3, -0.25) is 0 Å². The zero-order valence-corrected chi connectivity index (χ0v) is 11.8. The molecule has 0 aromatic carbocycles. The molecule has 0 radical (unpaired) electrons. The fourth-order valence-electron chi connectivity index (χ4n) is 1.86. The first kappa shape index (κ1) is 15.1. The number of amides is 2. The van der Waals surface area contributed by atoms with Gasteiger partial charge in [-0.1, -0.05) is 20.3 Å². The molecular weight excluding hydrogens is 252 g/mol. The number of nitrogens with zero attached hydrogens (tertiary/aromatic N) is 1. The van der Waals surface area contributed by atoms with E-state index in [-0.39, 0.29) is 11.9 Å². The molecule has 2 unspecified atom stereocenters. The van der Waals surface area contributed by atoms with E-state index in [1.807, 2.05) is 25.6 Å². The summed E-state index contributed by atoms with van der Waals surface area (Å²) in [5, 5.41) is 11.8. The van der Waals surface area contributed by atoms with Gasteiger partial charge in [0, 0.05) is 18.8 Å². The first-order chi connectivity index (χ1) is 8.56. The van der Waals surface area contributed by atoms with Crippen LogP contribution in [-0.2, 0) is 4.79 Å². The van der Waals surface area contributed by atoms with Gasteiger partial charge in [0.1, 0.15) is 6.04 Å². The van der Waals surface area contributed by atoms with Crippen LogP contribution in [0.5, 0.6) is 0 Å². The Morgan fingerprint density at radius 3 is 2.72 bits per heavy atom. The second-order valence-electron chi connectivity index (χ2n) is 4.60. The molecule has 0 aromatic heterocycles. The van der Waals surface area contributed by atoms with Gasteiger partial charge in [0.25, 0.3) is 0 Å². The summed E-state index contributed by atoms with van der Waals surface area (Å²) in [5.41, 5.74) is 0. The van der Waals surface area contributed by atoms with Crippen LogP contribution in [-0.4, -0.2) is 52.6 Å². The van der Waals surface area contributed by atoms with E-state index in [1.165, 1.54) is 0 Å². The van der Waals surface area contributed by atoms with Crippen molar-refractivity contribution in [2.45, 2.75) is 32.7 Å². The summed E-state index contributed by atoms with van der Waals surface area (Å²) < 4.78 is 0. The highest BCUT2D eigenvalue weighted by molar-refractivity contribution is 7.99. The van der Waals surface area contributed by atoms with Crippen molar-refractivity contribution in [3.05, 3.63) is 0 Å². The molecule has 0 spiro atoms. The zero-order valence-electron chi connectivity index (χ0n) is 11.0. The highest BCUT2D eigenvalue weighted by Crippen LogP contribution is 2.12. The number of carbonyl (C=O) groups is 2. The number of hydrogen-bond donors (Lipinski definition) is 2. The largest absolute Gasteiger partial charge is 0.480 e. The summed E-state index contributed by atoms with van der Waals surface area (Å²) in [6.07, 6.45) is 1.70. The third-order valence-electron chi connectivity index (χ3n) is 3.27. The van der Waals surface area contributed by atoms with Crippen LogP contribution in [0.4, 0.5) is 4.79 Å². The van der Waals surface area contributed by atoms with Gasteiger partial charge in [0.2, 0.25) is 0 Å². The molecule has 1 aliphatic heterocycles. The SMILES string of the molecule is CCC(C)C(NC(=O)N1CCCSCC1)C(=O)O. The molecule has 1 heterocycles. The Kier molecular flexibility index (Phi) is 6.32. The summed E-state index contributed by atoms with van der Waals surface area (Å²) in [5.74, 6) is 0.973. The van der Waals surface area contributed by atoms with Gasteiger partial charge in [0.05, 0.1) is 0 Å². The van der Waals surface area contributed by atoms with Gasteiger partial charge in [0.15, 0.2) is 0 Å². The number of nitrogens with one attached hydrogen (secondary N) is 1. The molecule has 0 saturated carbocycles. The fourth-order valence-corrected chi connectivity index (χ4v) is 2.74. The highest BCUT2D eigenvalue weighted by atomic mass is 32.2. The van der Waals surface area contributed by atoms with E-state index in [0.717, 1.165) is 24.3 Å². The summed E-state index contributed by atoms with van der Waals surface area (Å²) in [4.78, 5) is 24.9. The molecule has 0 bridgehead atoms. The van der Waals surface area contributed by atoms with Crippen LogP contribution >= 0.6 is 11.8 Å². The average Bonchev–Trinajstić information content (AvgIpc) is 2.63. The molecule has 1 saturated heterocycles. The Morgan fingerprint density at radius 1 is 1.39 bits per heavy atom. The van der Waals surface area contributed by atoms with Crippen molar-refractivity contribution < 1.29 is 14.7 Å². The van der Waals surface area contributed by atoms with E-state index in [4.69, 9.17) is 5.11 Å². The number of thioether (sulfide) groups is 1. The first-order valence-electron chi connectivity index (χ1n) is 6.42. The summed E-state index contributed by atoms with van der Waals surface area (Å²) in [6.45, 7) is 5.18. The zero-order chi connectivity index (χ0) is 13.5. The van der Waals surface area contributed by atoms with Gasteiger partial charge in [-0.2, -0.15) is 11.8 Å². The summed E-state index contributed by atoms with van der Waals surface area (Å²) in [6, 6.07) is -1.04. The second kappa shape index (κ2) is 7.51. The molecule has 2 atom stereocenters. The number of aliphatic carboxylic acids is 1. The van der Waals surface area contributed by atoms with Crippen molar-refractivity contribution >= 4 is 23.8 Å². The van der Waals surface area contributed by atoms with E-state index in [9.17, 15) is 9.59 Å². The van der Waals surface area contributed by atoms with Gasteiger partial charge in [-0.25, -0.2) is 9.59 Å². The van der Waals surface area contributed by atoms with Crippen molar-refractivity contribution in [3.8, 4) is 0 Å². The number of urea groups is 1. The van der Waals surface area contributed by atoms with E-state index >= 15 is 0 Å². The van der Waals surface area contributed by atoms with Crippen LogP contribution < -0.4 is 5.32 Å². The maximum atomic E-state index is 12.0. The lowest BCUT2D eigenvalue weighted by atomic mass is 9.99. The minimum Gasteiger partial charge on any atom is -0.480 e. The number of carboxylic acid groups (broad SMARTS) is 1. The normalized spacial score (nSPS) is 19.8. The van der Waals surface area contributed by atoms with E-state index < -0.39 is 12.0 Å². The van der Waals surface area contributed by atoms with Crippen LogP contribution in [0.25, 0.3) is 0 Å². The molecule has 1 rings (SSSR count). The molecule has 2 amide bonds. The molecule has 0 aromatic rings. The lowest BCUT2D eigenvalue weighted by Gasteiger charge is -2.25. The molecule has 5 nitrogen and oxygen atoms in total. The maximum Gasteiger partial charge on any atom is 0.326 e. The fraction of sp³-hybridized carbons (Fsp3) is 0.833. The molecule has 104 valence electrons. The average molecular weight is 274 g/mol. The van der Waals surface area contributed by atoms with Gasteiger partial charge in [-0.15, -0.1) is 0 Å². The molecule has 6 heteroatoms. The van der Waals surface area contributed by atoms with Crippen molar-refractivity contribution in [1.82, 2.24) is 10.2 Å². The highest BCUT2D eigenvalue weighted by Gasteiger charge is 2.27. The van der Waals surface area contributed by atoms with Crippen LogP contribution in [0.15, 0.2) is 0 Å². The minimum atomic E-state index is -0.957. The molecule has 1 fully saturated rings. The second-order valence-corrected chi connectivity index (χ2v) is 5.83. The van der Waals surface area contributed by atoms with Crippen LogP contribution in [0, 0.1) is 5.92 Å². The van der Waals surface area contributed by atoms with Crippen LogP contribution in [0.3, 0.4) is 0 Å². The van der Waals surface area contributed by atoms with Gasteiger partial charge >= 0.3 is 12.0 Å². The number of rotatable bonds is 4. The quantitative estimate of drug-likeness (QED) is 0.817. The summed E-state index contributed by atoms with van der Waals surface area (Å²) >= 11 is 1.83. The van der Waals surface area contributed by atoms with Crippen molar-refractivity contribution in [1.29, 1.82) is 0 Å². The number of carbonyl (C=O) groups excluding carboxylic acids is 1. The van der Waals surface area contributed by atoms with Crippen molar-refractivity contribution in [2.75, 3.05) is 24.6 Å². The van der Waals surface area contributed by atoms with E-state index in [0.29, 0.717) is 13.1 Å². The Morgan fingerprint density at radius 2 is 2.11 bits per heavy atom. The molecule has 2 N–H and O–H groups in total. The lowest BCUT2D eigenvalue weighted by Crippen LogP contribution is -2.51. The predicted molar refractivity (Wildman–Crippen MR) is 72.9 cm³/mol. The van der Waals surface area contributed by atoms with Gasteiger partial charge < -0.3 is 15.3 Å². The monoisotopic (exact) mass is 274 g/mol. The smallest absolute Gasteiger partial charge is 0.326 e. The Hall–Kier alpha value is -0.910. The lowest BCUT2D eigenvalue weighted by molar-refractivity contribution is -0.140. The maximum absolute atomic E-state index is 12.0. The molecule has 1 aliphatic rings. The molecule has 18 heavy (non-hydrogen) atoms.